The van der Waals surface area contributed by atoms with Crippen LogP contribution in [-0.4, -0.2) is 23.7 Å². The average molecular weight is 291 g/mol. The van der Waals surface area contributed by atoms with Gasteiger partial charge in [-0.25, -0.2) is 14.4 Å². The van der Waals surface area contributed by atoms with E-state index in [2.05, 4.69) is 15.3 Å². The van der Waals surface area contributed by atoms with Crippen LogP contribution in [0.4, 0.5) is 10.2 Å². The zero-order valence-electron chi connectivity index (χ0n) is 12.3. The average Bonchev–Trinajstić information content (AvgIpc) is 2.48. The second-order valence-corrected chi connectivity index (χ2v) is 4.43. The predicted molar refractivity (Wildman–Crippen MR) is 78.2 cm³/mol. The van der Waals surface area contributed by atoms with Crippen molar-refractivity contribution in [2.75, 3.05) is 19.0 Å². The zero-order chi connectivity index (χ0) is 15.2. The van der Waals surface area contributed by atoms with Gasteiger partial charge in [0, 0.05) is 6.07 Å². The molecular formula is C15H18FN3O2. The number of benzene rings is 1. The molecule has 0 aliphatic carbocycles. The number of nitrogens with zero attached hydrogens (tertiary/aromatic N) is 2. The Morgan fingerprint density at radius 3 is 2.81 bits per heavy atom. The van der Waals surface area contributed by atoms with Crippen LogP contribution in [-0.2, 0) is 0 Å². The number of anilines is 1. The molecule has 0 saturated heterocycles. The van der Waals surface area contributed by atoms with Gasteiger partial charge in [-0.05, 0) is 31.5 Å². The van der Waals surface area contributed by atoms with E-state index in [1.54, 1.807) is 18.2 Å². The monoisotopic (exact) mass is 291 g/mol. The molecule has 2 aromatic rings. The molecule has 0 aliphatic heterocycles. The second kappa shape index (κ2) is 6.88. The summed E-state index contributed by atoms with van der Waals surface area (Å²) in [6, 6.07) is 6.42. The maximum Gasteiger partial charge on any atom is 0.218 e. The highest BCUT2D eigenvalue weighted by Gasteiger charge is 2.10. The Morgan fingerprint density at radius 2 is 2.10 bits per heavy atom. The third-order valence-corrected chi connectivity index (χ3v) is 2.97. The molecular weight excluding hydrogens is 273 g/mol. The summed E-state index contributed by atoms with van der Waals surface area (Å²) in [5.41, 5.74) is 0.893. The molecule has 0 bridgehead atoms. The number of hydrogen-bond donors (Lipinski definition) is 1. The van der Waals surface area contributed by atoms with Crippen LogP contribution >= 0.6 is 0 Å². The van der Waals surface area contributed by atoms with Gasteiger partial charge in [0.05, 0.1) is 19.8 Å². The van der Waals surface area contributed by atoms with Crippen LogP contribution in [0, 0.1) is 5.82 Å². The van der Waals surface area contributed by atoms with Crippen LogP contribution in [0.3, 0.4) is 0 Å². The van der Waals surface area contributed by atoms with E-state index in [1.165, 1.54) is 19.5 Å². The van der Waals surface area contributed by atoms with E-state index >= 15 is 0 Å². The standard InChI is InChI=1S/C15H18FN3O2/c1-4-21-15-8-14(17-9-18-15)19-10(2)11-5-6-12(16)13(7-11)20-3/h5-10H,4H2,1-3H3,(H,17,18,19). The van der Waals surface area contributed by atoms with Gasteiger partial charge < -0.3 is 14.8 Å². The van der Waals surface area contributed by atoms with Crippen molar-refractivity contribution >= 4 is 5.82 Å². The van der Waals surface area contributed by atoms with Crippen LogP contribution in [0.15, 0.2) is 30.6 Å². The van der Waals surface area contributed by atoms with Gasteiger partial charge in [-0.3, -0.25) is 0 Å². The van der Waals surface area contributed by atoms with Crippen molar-refractivity contribution in [3.63, 3.8) is 0 Å². The van der Waals surface area contributed by atoms with Crippen molar-refractivity contribution in [1.29, 1.82) is 0 Å². The maximum absolute atomic E-state index is 13.4. The molecule has 1 heterocycles. The quantitative estimate of drug-likeness (QED) is 0.885. The van der Waals surface area contributed by atoms with E-state index in [4.69, 9.17) is 9.47 Å². The number of halogens is 1. The molecule has 0 saturated carbocycles. The predicted octanol–water partition coefficient (Wildman–Crippen LogP) is 3.20. The molecule has 21 heavy (non-hydrogen) atoms. The molecule has 112 valence electrons. The Labute approximate surface area is 123 Å². The Balaban J connectivity index is 2.13. The fourth-order valence-electron chi connectivity index (χ4n) is 1.90. The van der Waals surface area contributed by atoms with Crippen molar-refractivity contribution in [1.82, 2.24) is 9.97 Å². The van der Waals surface area contributed by atoms with Crippen molar-refractivity contribution in [2.45, 2.75) is 19.9 Å². The normalized spacial score (nSPS) is 11.8. The lowest BCUT2D eigenvalue weighted by Crippen LogP contribution is -2.09. The summed E-state index contributed by atoms with van der Waals surface area (Å²) in [5, 5.41) is 3.22. The lowest BCUT2D eigenvalue weighted by atomic mass is 10.1. The van der Waals surface area contributed by atoms with E-state index in [-0.39, 0.29) is 17.6 Å². The van der Waals surface area contributed by atoms with Crippen molar-refractivity contribution in [3.8, 4) is 11.6 Å². The number of rotatable bonds is 6. The zero-order valence-corrected chi connectivity index (χ0v) is 12.3. The van der Waals surface area contributed by atoms with E-state index in [0.717, 1.165) is 5.56 Å². The van der Waals surface area contributed by atoms with Gasteiger partial charge in [-0.2, -0.15) is 0 Å². The van der Waals surface area contributed by atoms with Crippen LogP contribution in [0.1, 0.15) is 25.5 Å². The highest BCUT2D eigenvalue weighted by molar-refractivity contribution is 5.41. The first-order valence-corrected chi connectivity index (χ1v) is 6.68. The van der Waals surface area contributed by atoms with Gasteiger partial charge in [-0.15, -0.1) is 0 Å². The molecule has 1 atom stereocenters. The van der Waals surface area contributed by atoms with E-state index in [1.807, 2.05) is 13.8 Å². The highest BCUT2D eigenvalue weighted by Crippen LogP contribution is 2.25. The van der Waals surface area contributed by atoms with Crippen LogP contribution in [0.2, 0.25) is 0 Å². The fraction of sp³-hybridized carbons (Fsp3) is 0.333. The first kappa shape index (κ1) is 15.0. The van der Waals surface area contributed by atoms with Gasteiger partial charge in [0.2, 0.25) is 5.88 Å². The topological polar surface area (TPSA) is 56.3 Å². The molecule has 0 radical (unpaired) electrons. The first-order chi connectivity index (χ1) is 10.1. The third kappa shape index (κ3) is 3.81. The van der Waals surface area contributed by atoms with E-state index in [0.29, 0.717) is 18.3 Å². The molecule has 0 spiro atoms. The molecule has 0 fully saturated rings. The number of ether oxygens (including phenoxy) is 2. The van der Waals surface area contributed by atoms with Gasteiger partial charge in [-0.1, -0.05) is 6.07 Å². The van der Waals surface area contributed by atoms with Gasteiger partial charge >= 0.3 is 0 Å². The molecule has 2 rings (SSSR count). The summed E-state index contributed by atoms with van der Waals surface area (Å²) in [6.07, 6.45) is 1.44. The van der Waals surface area contributed by atoms with E-state index in [9.17, 15) is 4.39 Å². The summed E-state index contributed by atoms with van der Waals surface area (Å²) in [7, 11) is 1.44. The third-order valence-electron chi connectivity index (χ3n) is 2.97. The summed E-state index contributed by atoms with van der Waals surface area (Å²) >= 11 is 0. The Hall–Kier alpha value is -2.37. The van der Waals surface area contributed by atoms with Crippen molar-refractivity contribution in [3.05, 3.63) is 42.0 Å². The number of aromatic nitrogens is 2. The molecule has 5 nitrogen and oxygen atoms in total. The molecule has 1 aromatic carbocycles. The minimum Gasteiger partial charge on any atom is -0.494 e. The Kier molecular flexibility index (Phi) is 4.92. The molecule has 1 N–H and O–H groups in total. The minimum absolute atomic E-state index is 0.0659. The van der Waals surface area contributed by atoms with Gasteiger partial charge in [0.25, 0.3) is 0 Å². The molecule has 6 heteroatoms. The minimum atomic E-state index is -0.380. The second-order valence-electron chi connectivity index (χ2n) is 4.43. The fourth-order valence-corrected chi connectivity index (χ4v) is 1.90. The number of nitrogens with one attached hydrogen (secondary N) is 1. The molecule has 1 unspecified atom stereocenters. The van der Waals surface area contributed by atoms with Gasteiger partial charge in [0.1, 0.15) is 12.1 Å². The van der Waals surface area contributed by atoms with Crippen LogP contribution in [0.5, 0.6) is 11.6 Å². The van der Waals surface area contributed by atoms with Crippen molar-refractivity contribution < 1.29 is 13.9 Å². The number of methoxy groups -OCH3 is 1. The smallest absolute Gasteiger partial charge is 0.218 e. The van der Waals surface area contributed by atoms with Crippen LogP contribution < -0.4 is 14.8 Å². The first-order valence-electron chi connectivity index (χ1n) is 6.68. The summed E-state index contributed by atoms with van der Waals surface area (Å²) in [5.74, 6) is 0.996. The molecule has 0 aliphatic rings. The molecule has 0 amide bonds. The lowest BCUT2D eigenvalue weighted by Gasteiger charge is -2.16. The van der Waals surface area contributed by atoms with Crippen LogP contribution in [0.25, 0.3) is 0 Å². The van der Waals surface area contributed by atoms with E-state index < -0.39 is 0 Å². The molecule has 1 aromatic heterocycles. The summed E-state index contributed by atoms with van der Waals surface area (Å²) < 4.78 is 23.7. The van der Waals surface area contributed by atoms with Crippen molar-refractivity contribution in [2.24, 2.45) is 0 Å². The largest absolute Gasteiger partial charge is 0.494 e. The SMILES string of the molecule is CCOc1cc(NC(C)c2ccc(F)c(OC)c2)ncn1. The number of hydrogen-bond acceptors (Lipinski definition) is 5. The Bertz CT molecular complexity index is 607. The van der Waals surface area contributed by atoms with Gasteiger partial charge in [0.15, 0.2) is 11.6 Å². The summed E-state index contributed by atoms with van der Waals surface area (Å²) in [6.45, 7) is 4.39. The maximum atomic E-state index is 13.4. The summed E-state index contributed by atoms with van der Waals surface area (Å²) in [4.78, 5) is 8.14. The highest BCUT2D eigenvalue weighted by atomic mass is 19.1. The lowest BCUT2D eigenvalue weighted by molar-refractivity contribution is 0.326. The Morgan fingerprint density at radius 1 is 1.29 bits per heavy atom.